The Balaban J connectivity index is 2.04. The average molecular weight is 453 g/mol. The van der Waals surface area contributed by atoms with Gasteiger partial charge in [0.2, 0.25) is 0 Å². The number of nitrogens with zero attached hydrogens (tertiary/aromatic N) is 2. The van der Waals surface area contributed by atoms with Crippen LogP contribution in [-0.4, -0.2) is 24.6 Å². The van der Waals surface area contributed by atoms with Crippen LogP contribution in [0, 0.1) is 0 Å². The number of carbonyl (C=O) groups excluding carboxylic acids is 1. The highest BCUT2D eigenvalue weighted by atomic mass is 79.9. The summed E-state index contributed by atoms with van der Waals surface area (Å²) in [4.78, 5) is 17.6. The molecule has 1 aromatic heterocycles. The molecule has 2 aromatic carbocycles. The van der Waals surface area contributed by atoms with Crippen molar-refractivity contribution in [2.45, 2.75) is 25.3 Å². The molecule has 0 aliphatic rings. The Bertz CT molecular complexity index is 1140. The molecule has 5 nitrogen and oxygen atoms in total. The first kappa shape index (κ1) is 19.0. The van der Waals surface area contributed by atoms with Gasteiger partial charge in [-0.25, -0.2) is 8.42 Å². The fourth-order valence-corrected chi connectivity index (χ4v) is 5.30. The van der Waals surface area contributed by atoms with E-state index in [1.165, 1.54) is 35.6 Å². The van der Waals surface area contributed by atoms with E-state index in [9.17, 15) is 13.2 Å². The van der Waals surface area contributed by atoms with Crippen molar-refractivity contribution < 1.29 is 13.2 Å². The Labute approximate surface area is 164 Å². The zero-order valence-electron chi connectivity index (χ0n) is 14.3. The molecule has 1 heterocycles. The van der Waals surface area contributed by atoms with Crippen molar-refractivity contribution in [2.24, 2.45) is 4.99 Å². The van der Waals surface area contributed by atoms with Gasteiger partial charge in [-0.2, -0.15) is 4.99 Å². The van der Waals surface area contributed by atoms with Crippen LogP contribution in [0.5, 0.6) is 0 Å². The SMILES string of the molecule is CCn1c(=NC(=O)c2ccc(S(=O)(=O)CC)cc2)sc2cccc(Br)c21. The highest BCUT2D eigenvalue weighted by Crippen LogP contribution is 2.25. The molecule has 136 valence electrons. The topological polar surface area (TPSA) is 68.5 Å². The normalized spacial score (nSPS) is 12.7. The summed E-state index contributed by atoms with van der Waals surface area (Å²) in [5, 5.41) is 0. The minimum Gasteiger partial charge on any atom is -0.316 e. The van der Waals surface area contributed by atoms with E-state index in [-0.39, 0.29) is 10.6 Å². The molecule has 1 amide bonds. The summed E-state index contributed by atoms with van der Waals surface area (Å²) in [7, 11) is -3.28. The van der Waals surface area contributed by atoms with Crippen molar-refractivity contribution in [3.05, 3.63) is 57.3 Å². The monoisotopic (exact) mass is 452 g/mol. The molecule has 0 fully saturated rings. The number of sulfone groups is 1. The van der Waals surface area contributed by atoms with Gasteiger partial charge in [0.05, 0.1) is 20.9 Å². The smallest absolute Gasteiger partial charge is 0.279 e. The number of hydrogen-bond donors (Lipinski definition) is 0. The summed E-state index contributed by atoms with van der Waals surface area (Å²) in [6.07, 6.45) is 0. The molecule has 0 spiro atoms. The molecular weight excluding hydrogens is 436 g/mol. The Kier molecular flexibility index (Phi) is 5.45. The minimum absolute atomic E-state index is 0.0256. The van der Waals surface area contributed by atoms with Crippen LogP contribution in [0.15, 0.2) is 56.8 Å². The Morgan fingerprint density at radius 3 is 2.46 bits per heavy atom. The largest absolute Gasteiger partial charge is 0.316 e. The van der Waals surface area contributed by atoms with Crippen LogP contribution in [-0.2, 0) is 16.4 Å². The first-order chi connectivity index (χ1) is 12.4. The molecule has 0 saturated heterocycles. The summed E-state index contributed by atoms with van der Waals surface area (Å²) in [6.45, 7) is 4.27. The second-order valence-electron chi connectivity index (χ2n) is 5.56. The number of aromatic nitrogens is 1. The Morgan fingerprint density at radius 2 is 1.85 bits per heavy atom. The first-order valence-corrected chi connectivity index (χ1v) is 11.3. The second-order valence-corrected chi connectivity index (χ2v) is 9.70. The van der Waals surface area contributed by atoms with Gasteiger partial charge in [-0.3, -0.25) is 4.79 Å². The predicted octanol–water partition coefficient (Wildman–Crippen LogP) is 4.02. The van der Waals surface area contributed by atoms with Gasteiger partial charge in [-0.05, 0) is 59.3 Å². The fourth-order valence-electron chi connectivity index (χ4n) is 2.59. The molecule has 0 radical (unpaired) electrons. The van der Waals surface area contributed by atoms with Crippen LogP contribution in [0.3, 0.4) is 0 Å². The van der Waals surface area contributed by atoms with E-state index in [1.807, 2.05) is 29.7 Å². The number of para-hydroxylation sites is 1. The van der Waals surface area contributed by atoms with Crippen LogP contribution in [0.25, 0.3) is 10.2 Å². The highest BCUT2D eigenvalue weighted by molar-refractivity contribution is 9.10. The second kappa shape index (κ2) is 7.46. The van der Waals surface area contributed by atoms with Gasteiger partial charge >= 0.3 is 0 Å². The Morgan fingerprint density at radius 1 is 1.15 bits per heavy atom. The van der Waals surface area contributed by atoms with Crippen LogP contribution < -0.4 is 4.80 Å². The number of amides is 1. The number of halogens is 1. The molecule has 3 rings (SSSR count). The van der Waals surface area contributed by atoms with E-state index in [4.69, 9.17) is 0 Å². The number of aryl methyl sites for hydroxylation is 1. The van der Waals surface area contributed by atoms with Gasteiger partial charge in [0.15, 0.2) is 14.6 Å². The lowest BCUT2D eigenvalue weighted by Crippen LogP contribution is -2.16. The van der Waals surface area contributed by atoms with Gasteiger partial charge in [0.1, 0.15) is 0 Å². The van der Waals surface area contributed by atoms with Gasteiger partial charge < -0.3 is 4.57 Å². The molecule has 0 aliphatic heterocycles. The van der Waals surface area contributed by atoms with E-state index in [2.05, 4.69) is 20.9 Å². The number of hydrogen-bond acceptors (Lipinski definition) is 4. The molecule has 0 N–H and O–H groups in total. The highest BCUT2D eigenvalue weighted by Gasteiger charge is 2.13. The number of fused-ring (bicyclic) bond motifs is 1. The minimum atomic E-state index is -3.28. The summed E-state index contributed by atoms with van der Waals surface area (Å²) in [5.41, 5.74) is 1.37. The maximum atomic E-state index is 12.5. The quantitative estimate of drug-likeness (QED) is 0.599. The van der Waals surface area contributed by atoms with E-state index in [0.717, 1.165) is 14.7 Å². The number of thiazole rings is 1. The summed E-state index contributed by atoms with van der Waals surface area (Å²) in [6, 6.07) is 11.8. The van der Waals surface area contributed by atoms with Crippen molar-refractivity contribution in [2.75, 3.05) is 5.75 Å². The predicted molar refractivity (Wildman–Crippen MR) is 107 cm³/mol. The summed E-state index contributed by atoms with van der Waals surface area (Å²) in [5.74, 6) is -0.368. The molecule has 0 unspecified atom stereocenters. The molecule has 0 saturated carbocycles. The number of carbonyl (C=O) groups is 1. The number of rotatable bonds is 4. The van der Waals surface area contributed by atoms with Gasteiger partial charge in [-0.15, -0.1) is 0 Å². The zero-order valence-corrected chi connectivity index (χ0v) is 17.5. The standard InChI is InChI=1S/C18H17BrN2O3S2/c1-3-21-16-14(19)6-5-7-15(16)25-18(21)20-17(22)12-8-10-13(11-9-12)26(23,24)4-2/h5-11H,3-4H2,1-2H3. The van der Waals surface area contributed by atoms with Crippen molar-refractivity contribution in [3.63, 3.8) is 0 Å². The van der Waals surface area contributed by atoms with Gasteiger partial charge in [0, 0.05) is 16.6 Å². The van der Waals surface area contributed by atoms with Gasteiger partial charge in [-0.1, -0.05) is 24.3 Å². The first-order valence-electron chi connectivity index (χ1n) is 8.07. The third kappa shape index (κ3) is 3.54. The van der Waals surface area contributed by atoms with Crippen molar-refractivity contribution in [1.29, 1.82) is 0 Å². The Hall–Kier alpha value is -1.77. The fraction of sp³-hybridized carbons (Fsp3) is 0.222. The van der Waals surface area contributed by atoms with E-state index in [0.29, 0.717) is 16.9 Å². The molecule has 3 aromatic rings. The third-order valence-corrected chi connectivity index (χ3v) is 7.44. The van der Waals surface area contributed by atoms with Crippen LogP contribution >= 0.6 is 27.3 Å². The lowest BCUT2D eigenvalue weighted by molar-refractivity contribution is 0.0997. The lowest BCUT2D eigenvalue weighted by atomic mass is 10.2. The molecule has 0 bridgehead atoms. The number of benzene rings is 2. The molecule has 0 atom stereocenters. The maximum absolute atomic E-state index is 12.5. The van der Waals surface area contributed by atoms with Crippen LogP contribution in [0.4, 0.5) is 0 Å². The van der Waals surface area contributed by atoms with Crippen molar-refractivity contribution in [3.8, 4) is 0 Å². The van der Waals surface area contributed by atoms with Gasteiger partial charge in [0.25, 0.3) is 5.91 Å². The molecule has 26 heavy (non-hydrogen) atoms. The van der Waals surface area contributed by atoms with Crippen molar-refractivity contribution in [1.82, 2.24) is 4.57 Å². The molecular formula is C18H17BrN2O3S2. The molecule has 0 aliphatic carbocycles. The lowest BCUT2D eigenvalue weighted by Gasteiger charge is -2.03. The maximum Gasteiger partial charge on any atom is 0.279 e. The van der Waals surface area contributed by atoms with E-state index in [1.54, 1.807) is 6.92 Å². The molecule has 8 heteroatoms. The van der Waals surface area contributed by atoms with Crippen LogP contribution in [0.2, 0.25) is 0 Å². The van der Waals surface area contributed by atoms with E-state index >= 15 is 0 Å². The van der Waals surface area contributed by atoms with Crippen molar-refractivity contribution >= 4 is 53.2 Å². The summed E-state index contributed by atoms with van der Waals surface area (Å²) >= 11 is 4.99. The summed E-state index contributed by atoms with van der Waals surface area (Å²) < 4.78 is 27.7. The average Bonchev–Trinajstić information content (AvgIpc) is 3.00. The zero-order chi connectivity index (χ0) is 18.9. The third-order valence-electron chi connectivity index (χ3n) is 4.01. The van der Waals surface area contributed by atoms with E-state index < -0.39 is 15.7 Å². The van der Waals surface area contributed by atoms with Crippen LogP contribution in [0.1, 0.15) is 24.2 Å².